The van der Waals surface area contributed by atoms with Gasteiger partial charge in [-0.1, -0.05) is 19.3 Å². The fourth-order valence-corrected chi connectivity index (χ4v) is 3.29. The summed E-state index contributed by atoms with van der Waals surface area (Å²) in [5, 5.41) is 0. The van der Waals surface area contributed by atoms with Crippen molar-refractivity contribution in [1.29, 1.82) is 0 Å². The van der Waals surface area contributed by atoms with Crippen LogP contribution in [0.25, 0.3) is 0 Å². The van der Waals surface area contributed by atoms with Crippen LogP contribution in [0.5, 0.6) is 0 Å². The average molecular weight is 220 g/mol. The van der Waals surface area contributed by atoms with Crippen LogP contribution in [0.3, 0.4) is 0 Å². The first-order chi connectivity index (χ1) is 6.42. The maximum Gasteiger partial charge on any atom is 0.272 e. The molecule has 1 fully saturated rings. The molecule has 0 amide bonds. The Labute approximate surface area is 87.0 Å². The van der Waals surface area contributed by atoms with Crippen molar-refractivity contribution in [3.05, 3.63) is 0 Å². The fourth-order valence-electron chi connectivity index (χ4n) is 2.22. The lowest BCUT2D eigenvalue weighted by atomic mass is 9.81. The lowest BCUT2D eigenvalue weighted by Gasteiger charge is -2.35. The zero-order valence-electron chi connectivity index (χ0n) is 9.25. The Morgan fingerprint density at radius 1 is 1.14 bits per heavy atom. The maximum atomic E-state index is 11.7. The van der Waals surface area contributed by atoms with Crippen molar-refractivity contribution in [3.63, 3.8) is 0 Å². The summed E-state index contributed by atoms with van der Waals surface area (Å²) < 4.78 is 27.3. The molecule has 3 nitrogen and oxygen atoms in total. The minimum absolute atomic E-state index is 0.251. The van der Waals surface area contributed by atoms with E-state index in [9.17, 15) is 8.42 Å². The minimum Gasteiger partial charge on any atom is -0.273 e. The number of rotatable bonds is 3. The molecule has 0 heterocycles. The van der Waals surface area contributed by atoms with Crippen LogP contribution in [-0.4, -0.2) is 20.3 Å². The van der Waals surface area contributed by atoms with Crippen LogP contribution >= 0.6 is 0 Å². The standard InChI is InChI=1S/C10H20O3S/c1-10(2,14(11,12)13-3)9-7-5-4-6-8-9/h9H,4-8H2,1-3H3. The molecule has 1 aliphatic rings. The quantitative estimate of drug-likeness (QED) is 0.686. The van der Waals surface area contributed by atoms with Crippen molar-refractivity contribution in [2.75, 3.05) is 7.11 Å². The highest BCUT2D eigenvalue weighted by Crippen LogP contribution is 2.37. The van der Waals surface area contributed by atoms with E-state index < -0.39 is 14.9 Å². The van der Waals surface area contributed by atoms with Crippen molar-refractivity contribution in [3.8, 4) is 0 Å². The Morgan fingerprint density at radius 2 is 1.64 bits per heavy atom. The van der Waals surface area contributed by atoms with Gasteiger partial charge in [-0.3, -0.25) is 4.18 Å². The highest BCUT2D eigenvalue weighted by Gasteiger charge is 2.42. The smallest absolute Gasteiger partial charge is 0.272 e. The average Bonchev–Trinajstić information content (AvgIpc) is 2.19. The normalized spacial score (nSPS) is 21.1. The SMILES string of the molecule is COS(=O)(=O)C(C)(C)C1CCCCC1. The zero-order chi connectivity index (χ0) is 10.8. The summed E-state index contributed by atoms with van der Waals surface area (Å²) in [6.07, 6.45) is 5.55. The monoisotopic (exact) mass is 220 g/mol. The first-order valence-corrected chi connectivity index (χ1v) is 6.63. The van der Waals surface area contributed by atoms with E-state index in [1.54, 1.807) is 13.8 Å². The van der Waals surface area contributed by atoms with Crippen LogP contribution in [0.4, 0.5) is 0 Å². The van der Waals surface area contributed by atoms with Crippen molar-refractivity contribution in [2.45, 2.75) is 50.7 Å². The van der Waals surface area contributed by atoms with Crippen LogP contribution in [-0.2, 0) is 14.3 Å². The molecule has 14 heavy (non-hydrogen) atoms. The Balaban J connectivity index is 2.82. The van der Waals surface area contributed by atoms with Crippen LogP contribution in [0.1, 0.15) is 46.0 Å². The van der Waals surface area contributed by atoms with Gasteiger partial charge in [-0.15, -0.1) is 0 Å². The van der Waals surface area contributed by atoms with Gasteiger partial charge in [0.2, 0.25) is 0 Å². The highest BCUT2D eigenvalue weighted by molar-refractivity contribution is 7.88. The van der Waals surface area contributed by atoms with Gasteiger partial charge < -0.3 is 0 Å². The molecule has 0 aromatic heterocycles. The molecule has 0 bridgehead atoms. The molecule has 1 aliphatic carbocycles. The van der Waals surface area contributed by atoms with Gasteiger partial charge in [-0.05, 0) is 32.6 Å². The van der Waals surface area contributed by atoms with E-state index in [-0.39, 0.29) is 5.92 Å². The van der Waals surface area contributed by atoms with E-state index in [0.717, 1.165) is 25.7 Å². The molecule has 0 spiro atoms. The summed E-state index contributed by atoms with van der Waals surface area (Å²) in [5.41, 5.74) is 0. The van der Waals surface area contributed by atoms with Gasteiger partial charge in [0.05, 0.1) is 11.9 Å². The third-order valence-corrected chi connectivity index (χ3v) is 5.51. The van der Waals surface area contributed by atoms with E-state index in [1.807, 2.05) is 0 Å². The summed E-state index contributed by atoms with van der Waals surface area (Å²) in [6.45, 7) is 3.56. The summed E-state index contributed by atoms with van der Waals surface area (Å²) in [6, 6.07) is 0. The number of hydrogen-bond acceptors (Lipinski definition) is 3. The second-order valence-corrected chi connectivity index (χ2v) is 6.85. The largest absolute Gasteiger partial charge is 0.273 e. The fraction of sp³-hybridized carbons (Fsp3) is 1.00. The van der Waals surface area contributed by atoms with Crippen LogP contribution < -0.4 is 0 Å². The molecule has 0 N–H and O–H groups in total. The van der Waals surface area contributed by atoms with E-state index in [0.29, 0.717) is 0 Å². The zero-order valence-corrected chi connectivity index (χ0v) is 10.1. The van der Waals surface area contributed by atoms with Gasteiger partial charge in [0.15, 0.2) is 0 Å². The van der Waals surface area contributed by atoms with Gasteiger partial charge in [-0.25, -0.2) is 0 Å². The van der Waals surface area contributed by atoms with Gasteiger partial charge in [0, 0.05) is 0 Å². The molecular weight excluding hydrogens is 200 g/mol. The molecule has 0 radical (unpaired) electrons. The molecular formula is C10H20O3S. The molecule has 0 atom stereocenters. The lowest BCUT2D eigenvalue weighted by molar-refractivity contribution is 0.267. The van der Waals surface area contributed by atoms with Crippen molar-refractivity contribution in [2.24, 2.45) is 5.92 Å². The van der Waals surface area contributed by atoms with E-state index in [2.05, 4.69) is 4.18 Å². The first kappa shape index (κ1) is 12.0. The van der Waals surface area contributed by atoms with Crippen LogP contribution in [0.2, 0.25) is 0 Å². The summed E-state index contributed by atoms with van der Waals surface area (Å²) >= 11 is 0. The molecule has 1 saturated carbocycles. The van der Waals surface area contributed by atoms with Crippen LogP contribution in [0.15, 0.2) is 0 Å². The summed E-state index contributed by atoms with van der Waals surface area (Å²) in [4.78, 5) is 0. The molecule has 4 heteroatoms. The molecule has 0 aliphatic heterocycles. The maximum absolute atomic E-state index is 11.7. The summed E-state index contributed by atoms with van der Waals surface area (Å²) in [5.74, 6) is 0.251. The van der Waals surface area contributed by atoms with E-state index >= 15 is 0 Å². The predicted octanol–water partition coefficient (Wildman–Crippen LogP) is 2.32. The third-order valence-electron chi connectivity index (χ3n) is 3.45. The summed E-state index contributed by atoms with van der Waals surface area (Å²) in [7, 11) is -2.15. The number of hydrogen-bond donors (Lipinski definition) is 0. The second kappa shape index (κ2) is 4.19. The van der Waals surface area contributed by atoms with Crippen molar-refractivity contribution in [1.82, 2.24) is 0 Å². The van der Waals surface area contributed by atoms with Crippen molar-refractivity contribution >= 4 is 10.1 Å². The second-order valence-electron chi connectivity index (χ2n) is 4.56. The van der Waals surface area contributed by atoms with E-state index in [4.69, 9.17) is 0 Å². The predicted molar refractivity (Wildman–Crippen MR) is 56.6 cm³/mol. The lowest BCUT2D eigenvalue weighted by Crippen LogP contribution is -2.41. The van der Waals surface area contributed by atoms with E-state index in [1.165, 1.54) is 13.5 Å². The first-order valence-electron chi connectivity index (χ1n) is 5.22. The molecule has 0 unspecified atom stereocenters. The molecule has 0 aromatic rings. The van der Waals surface area contributed by atoms with Crippen LogP contribution in [0, 0.1) is 5.92 Å². The highest BCUT2D eigenvalue weighted by atomic mass is 32.2. The Bertz CT molecular complexity index is 274. The van der Waals surface area contributed by atoms with Gasteiger partial charge >= 0.3 is 0 Å². The van der Waals surface area contributed by atoms with Crippen molar-refractivity contribution < 1.29 is 12.6 Å². The third kappa shape index (κ3) is 2.11. The van der Waals surface area contributed by atoms with Gasteiger partial charge in [0.1, 0.15) is 0 Å². The Morgan fingerprint density at radius 3 is 2.07 bits per heavy atom. The Hall–Kier alpha value is -0.0900. The van der Waals surface area contributed by atoms with Gasteiger partial charge in [-0.2, -0.15) is 8.42 Å². The van der Waals surface area contributed by atoms with Gasteiger partial charge in [0.25, 0.3) is 10.1 Å². The molecule has 0 saturated heterocycles. The molecule has 0 aromatic carbocycles. The topological polar surface area (TPSA) is 43.4 Å². The molecule has 84 valence electrons. The minimum atomic E-state index is -3.40. The Kier molecular flexibility index (Phi) is 3.58. The molecule has 1 rings (SSSR count).